The van der Waals surface area contributed by atoms with Crippen molar-refractivity contribution in [3.05, 3.63) is 39.4 Å². The minimum atomic E-state index is -4.26. The third-order valence-corrected chi connectivity index (χ3v) is 4.16. The average molecular weight is 360 g/mol. The van der Waals surface area contributed by atoms with Gasteiger partial charge in [0.15, 0.2) is 0 Å². The molecule has 0 radical (unpaired) electrons. The van der Waals surface area contributed by atoms with Gasteiger partial charge in [0, 0.05) is 23.7 Å². The summed E-state index contributed by atoms with van der Waals surface area (Å²) in [5, 5.41) is 22.3. The molecule has 0 spiro atoms. The molecule has 10 heteroatoms. The highest BCUT2D eigenvalue weighted by atomic mass is 19.4. The van der Waals surface area contributed by atoms with Gasteiger partial charge in [0.2, 0.25) is 0 Å². The van der Waals surface area contributed by atoms with Gasteiger partial charge in [0.25, 0.3) is 11.6 Å². The largest absolute Gasteiger partial charge is 0.478 e. The van der Waals surface area contributed by atoms with E-state index in [4.69, 9.17) is 5.11 Å². The van der Waals surface area contributed by atoms with Gasteiger partial charge in [-0.25, -0.2) is 4.79 Å². The van der Waals surface area contributed by atoms with Crippen molar-refractivity contribution in [1.29, 1.82) is 0 Å². The number of carbonyl (C=O) groups is 2. The third-order valence-electron chi connectivity index (χ3n) is 4.16. The van der Waals surface area contributed by atoms with Crippen molar-refractivity contribution in [3.63, 3.8) is 0 Å². The molecule has 0 saturated heterocycles. The van der Waals surface area contributed by atoms with Crippen LogP contribution in [0.15, 0.2) is 18.2 Å². The Bertz CT molecular complexity index is 665. The van der Waals surface area contributed by atoms with Crippen molar-refractivity contribution < 1.29 is 32.8 Å². The Morgan fingerprint density at radius 3 is 2.16 bits per heavy atom. The zero-order valence-electron chi connectivity index (χ0n) is 12.9. The van der Waals surface area contributed by atoms with Crippen LogP contribution in [0, 0.1) is 16.0 Å². The van der Waals surface area contributed by atoms with Crippen LogP contribution in [0.2, 0.25) is 0 Å². The van der Waals surface area contributed by atoms with Crippen LogP contribution >= 0.6 is 0 Å². The van der Waals surface area contributed by atoms with Crippen LogP contribution < -0.4 is 5.32 Å². The van der Waals surface area contributed by atoms with Gasteiger partial charge in [0.05, 0.1) is 16.4 Å². The number of carboxylic acids is 1. The van der Waals surface area contributed by atoms with E-state index in [9.17, 15) is 32.9 Å². The van der Waals surface area contributed by atoms with E-state index >= 15 is 0 Å². The molecule has 0 bridgehead atoms. The Labute approximate surface area is 140 Å². The SMILES string of the molecule is O=C(O)c1cc(C(=O)NC2CCC(C(F)(F)F)CC2)cc([N+](=O)[O-])c1. The van der Waals surface area contributed by atoms with Crippen molar-refractivity contribution in [1.82, 2.24) is 5.32 Å². The highest BCUT2D eigenvalue weighted by Gasteiger charge is 2.41. The molecule has 7 nitrogen and oxygen atoms in total. The second-order valence-corrected chi connectivity index (χ2v) is 5.89. The van der Waals surface area contributed by atoms with Crippen molar-refractivity contribution >= 4 is 17.6 Å². The van der Waals surface area contributed by atoms with E-state index in [0.29, 0.717) is 0 Å². The van der Waals surface area contributed by atoms with E-state index in [2.05, 4.69) is 5.32 Å². The van der Waals surface area contributed by atoms with E-state index in [1.165, 1.54) is 0 Å². The topological polar surface area (TPSA) is 110 Å². The quantitative estimate of drug-likeness (QED) is 0.633. The third kappa shape index (κ3) is 4.68. The van der Waals surface area contributed by atoms with Crippen molar-refractivity contribution in [2.45, 2.75) is 37.9 Å². The van der Waals surface area contributed by atoms with Crippen LogP contribution in [0.1, 0.15) is 46.4 Å². The molecule has 25 heavy (non-hydrogen) atoms. The van der Waals surface area contributed by atoms with Gasteiger partial charge in [-0.1, -0.05) is 0 Å². The van der Waals surface area contributed by atoms with Crippen LogP contribution in [-0.4, -0.2) is 34.1 Å². The monoisotopic (exact) mass is 360 g/mol. The smallest absolute Gasteiger partial charge is 0.391 e. The Balaban J connectivity index is 2.09. The Hall–Kier alpha value is -2.65. The lowest BCUT2D eigenvalue weighted by molar-refractivity contribution is -0.384. The molecule has 0 heterocycles. The lowest BCUT2D eigenvalue weighted by Gasteiger charge is -2.30. The van der Waals surface area contributed by atoms with Gasteiger partial charge in [-0.3, -0.25) is 14.9 Å². The highest BCUT2D eigenvalue weighted by Crippen LogP contribution is 2.37. The first-order valence-electron chi connectivity index (χ1n) is 7.48. The number of amides is 1. The van der Waals surface area contributed by atoms with Crippen molar-refractivity contribution in [3.8, 4) is 0 Å². The molecule has 1 fully saturated rings. The molecule has 1 saturated carbocycles. The van der Waals surface area contributed by atoms with Gasteiger partial charge in [0.1, 0.15) is 0 Å². The molecule has 2 rings (SSSR count). The summed E-state index contributed by atoms with van der Waals surface area (Å²) in [6.45, 7) is 0. The Morgan fingerprint density at radius 2 is 1.68 bits per heavy atom. The normalized spacial score (nSPS) is 20.8. The number of carbonyl (C=O) groups excluding carboxylic acids is 1. The number of rotatable bonds is 4. The second kappa shape index (κ2) is 7.08. The molecule has 1 aromatic carbocycles. The van der Waals surface area contributed by atoms with E-state index in [0.717, 1.165) is 18.2 Å². The van der Waals surface area contributed by atoms with Crippen LogP contribution in [0.4, 0.5) is 18.9 Å². The predicted molar refractivity (Wildman–Crippen MR) is 79.3 cm³/mol. The van der Waals surface area contributed by atoms with Crippen LogP contribution in [0.5, 0.6) is 0 Å². The Morgan fingerprint density at radius 1 is 1.12 bits per heavy atom. The molecule has 1 aliphatic rings. The van der Waals surface area contributed by atoms with Crippen LogP contribution in [0.3, 0.4) is 0 Å². The van der Waals surface area contributed by atoms with Gasteiger partial charge in [-0.2, -0.15) is 13.2 Å². The van der Waals surface area contributed by atoms with Crippen molar-refractivity contribution in [2.24, 2.45) is 5.92 Å². The summed E-state index contributed by atoms with van der Waals surface area (Å²) in [5.41, 5.74) is -1.18. The van der Waals surface area contributed by atoms with Gasteiger partial charge >= 0.3 is 12.1 Å². The van der Waals surface area contributed by atoms with Crippen molar-refractivity contribution in [2.75, 3.05) is 0 Å². The number of hydrogen-bond acceptors (Lipinski definition) is 4. The average Bonchev–Trinajstić information content (AvgIpc) is 2.53. The summed E-state index contributed by atoms with van der Waals surface area (Å²) < 4.78 is 37.9. The van der Waals surface area contributed by atoms with E-state index in [1.54, 1.807) is 0 Å². The number of hydrogen-bond donors (Lipinski definition) is 2. The first-order chi connectivity index (χ1) is 11.6. The number of benzene rings is 1. The molecular weight excluding hydrogens is 345 g/mol. The van der Waals surface area contributed by atoms with Crippen LogP contribution in [-0.2, 0) is 0 Å². The first kappa shape index (κ1) is 18.7. The van der Waals surface area contributed by atoms with Crippen LogP contribution in [0.25, 0.3) is 0 Å². The fourth-order valence-corrected chi connectivity index (χ4v) is 2.80. The number of aromatic carboxylic acids is 1. The summed E-state index contributed by atoms with van der Waals surface area (Å²) in [6.07, 6.45) is -4.20. The number of non-ortho nitro benzene ring substituents is 1. The fraction of sp³-hybridized carbons (Fsp3) is 0.467. The maximum absolute atomic E-state index is 12.6. The fourth-order valence-electron chi connectivity index (χ4n) is 2.80. The summed E-state index contributed by atoms with van der Waals surface area (Å²) in [7, 11) is 0. The molecule has 0 aliphatic heterocycles. The number of alkyl halides is 3. The molecule has 1 aromatic rings. The van der Waals surface area contributed by atoms with E-state index < -0.39 is 46.2 Å². The van der Waals surface area contributed by atoms with Gasteiger partial charge in [-0.15, -0.1) is 0 Å². The number of nitro groups is 1. The molecule has 0 atom stereocenters. The molecule has 1 aliphatic carbocycles. The molecule has 0 aromatic heterocycles. The zero-order valence-corrected chi connectivity index (χ0v) is 12.9. The number of halogens is 3. The summed E-state index contributed by atoms with van der Waals surface area (Å²) in [5.74, 6) is -3.57. The lowest BCUT2D eigenvalue weighted by Crippen LogP contribution is -2.40. The molecular formula is C15H15F3N2O5. The molecule has 2 N–H and O–H groups in total. The standard InChI is InChI=1S/C15H15F3N2O5/c16-15(17,18)10-1-3-11(4-2-10)19-13(21)8-5-9(14(22)23)7-12(6-8)20(24)25/h5-7,10-11H,1-4H2,(H,19,21)(H,22,23). The number of nitrogens with one attached hydrogen (secondary N) is 1. The number of nitrogens with zero attached hydrogens (tertiary/aromatic N) is 1. The predicted octanol–water partition coefficient (Wildman–Crippen LogP) is 3.14. The molecule has 136 valence electrons. The first-order valence-corrected chi connectivity index (χ1v) is 7.48. The van der Waals surface area contributed by atoms with E-state index in [-0.39, 0.29) is 31.2 Å². The summed E-state index contributed by atoms with van der Waals surface area (Å²) >= 11 is 0. The minimum Gasteiger partial charge on any atom is -0.478 e. The summed E-state index contributed by atoms with van der Waals surface area (Å²) in [4.78, 5) is 33.2. The highest BCUT2D eigenvalue weighted by molar-refractivity contribution is 5.98. The maximum Gasteiger partial charge on any atom is 0.391 e. The number of nitro benzene ring substituents is 1. The Kier molecular flexibility index (Phi) is 5.29. The lowest BCUT2D eigenvalue weighted by atomic mass is 9.85. The van der Waals surface area contributed by atoms with Gasteiger partial charge in [-0.05, 0) is 31.7 Å². The molecule has 0 unspecified atom stereocenters. The summed E-state index contributed by atoms with van der Waals surface area (Å²) in [6, 6.07) is 2.27. The maximum atomic E-state index is 12.6. The van der Waals surface area contributed by atoms with E-state index in [1.807, 2.05) is 0 Å². The second-order valence-electron chi connectivity index (χ2n) is 5.89. The number of carboxylic acid groups (broad SMARTS) is 1. The minimum absolute atomic E-state index is 0.107. The zero-order chi connectivity index (χ0) is 18.8. The molecule has 1 amide bonds. The van der Waals surface area contributed by atoms with Gasteiger partial charge < -0.3 is 10.4 Å².